The summed E-state index contributed by atoms with van der Waals surface area (Å²) in [5.41, 5.74) is 6.84. The average molecular weight is 264 g/mol. The summed E-state index contributed by atoms with van der Waals surface area (Å²) in [5.74, 6) is 0.876. The maximum Gasteiger partial charge on any atom is 0.0306 e. The van der Waals surface area contributed by atoms with Gasteiger partial charge in [0, 0.05) is 18.1 Å². The molecule has 3 N–H and O–H groups in total. The molecule has 2 nitrogen and oxygen atoms in total. The van der Waals surface area contributed by atoms with Gasteiger partial charge >= 0.3 is 0 Å². The molecule has 0 aromatic heterocycles. The van der Waals surface area contributed by atoms with Crippen LogP contribution in [-0.2, 0) is 0 Å². The summed E-state index contributed by atoms with van der Waals surface area (Å²) in [5, 5.41) is 3.88. The van der Waals surface area contributed by atoms with Gasteiger partial charge in [0.2, 0.25) is 0 Å². The van der Waals surface area contributed by atoms with Crippen LogP contribution in [0.4, 0.5) is 0 Å². The largest absolute Gasteiger partial charge is 0.329 e. The lowest BCUT2D eigenvalue weighted by Gasteiger charge is -2.46. The van der Waals surface area contributed by atoms with E-state index in [1.165, 1.54) is 44.9 Å². The van der Waals surface area contributed by atoms with Crippen molar-refractivity contribution in [3.63, 3.8) is 0 Å². The summed E-state index contributed by atoms with van der Waals surface area (Å²) in [7, 11) is 0. The van der Waals surface area contributed by atoms with Gasteiger partial charge in [-0.3, -0.25) is 0 Å². The Bertz CT molecular complexity index is 303. The van der Waals surface area contributed by atoms with Crippen molar-refractivity contribution < 1.29 is 0 Å². The standard InChI is InChI=1S/C17H32N2/c1-4-16(2,3)14-9-11-17(13-18,12-10-14)19-15-7-5-6-8-15/h5-6,14-15,19H,4,7-13,18H2,1-3H3. The Labute approximate surface area is 119 Å². The maximum absolute atomic E-state index is 6.12. The molecule has 19 heavy (non-hydrogen) atoms. The monoisotopic (exact) mass is 264 g/mol. The molecule has 2 aliphatic rings. The molecule has 0 aliphatic heterocycles. The van der Waals surface area contributed by atoms with E-state index in [1.807, 2.05) is 0 Å². The van der Waals surface area contributed by atoms with E-state index in [4.69, 9.17) is 5.73 Å². The molecule has 0 radical (unpaired) electrons. The molecule has 2 heteroatoms. The molecule has 0 heterocycles. The van der Waals surface area contributed by atoms with E-state index in [-0.39, 0.29) is 5.54 Å². The third-order valence-electron chi connectivity index (χ3n) is 5.87. The third kappa shape index (κ3) is 3.41. The van der Waals surface area contributed by atoms with Crippen LogP contribution in [-0.4, -0.2) is 18.1 Å². The molecule has 0 aromatic carbocycles. The lowest BCUT2D eigenvalue weighted by atomic mass is 9.65. The molecule has 0 spiro atoms. The normalized spacial score (nSPS) is 32.9. The van der Waals surface area contributed by atoms with Crippen molar-refractivity contribution in [3.8, 4) is 0 Å². The van der Waals surface area contributed by atoms with E-state index in [0.717, 1.165) is 12.5 Å². The van der Waals surface area contributed by atoms with Crippen molar-refractivity contribution in [3.05, 3.63) is 12.2 Å². The molecular formula is C17H32N2. The van der Waals surface area contributed by atoms with Gasteiger partial charge in [0.1, 0.15) is 0 Å². The summed E-state index contributed by atoms with van der Waals surface area (Å²) in [4.78, 5) is 0. The molecule has 110 valence electrons. The minimum absolute atomic E-state index is 0.219. The molecule has 2 rings (SSSR count). The minimum atomic E-state index is 0.219. The SMILES string of the molecule is CCC(C)(C)C1CCC(CN)(NC2CC=CC2)CC1. The third-order valence-corrected chi connectivity index (χ3v) is 5.87. The van der Waals surface area contributed by atoms with Crippen LogP contribution >= 0.6 is 0 Å². The first-order valence-electron chi connectivity index (χ1n) is 8.14. The van der Waals surface area contributed by atoms with Crippen LogP contribution in [0.1, 0.15) is 65.7 Å². The Morgan fingerprint density at radius 2 is 1.79 bits per heavy atom. The van der Waals surface area contributed by atoms with Crippen molar-refractivity contribution in [2.45, 2.75) is 77.3 Å². The Morgan fingerprint density at radius 3 is 2.26 bits per heavy atom. The molecule has 0 bridgehead atoms. The fourth-order valence-corrected chi connectivity index (χ4v) is 3.82. The number of nitrogens with one attached hydrogen (secondary N) is 1. The Morgan fingerprint density at radius 1 is 1.21 bits per heavy atom. The molecule has 2 aliphatic carbocycles. The lowest BCUT2D eigenvalue weighted by Crippen LogP contribution is -2.57. The maximum atomic E-state index is 6.12. The molecule has 0 amide bonds. The molecule has 0 saturated heterocycles. The van der Waals surface area contributed by atoms with Crippen molar-refractivity contribution >= 4 is 0 Å². The van der Waals surface area contributed by atoms with Gasteiger partial charge in [-0.2, -0.15) is 0 Å². The van der Waals surface area contributed by atoms with Crippen LogP contribution < -0.4 is 11.1 Å². The van der Waals surface area contributed by atoms with Crippen LogP contribution in [0.15, 0.2) is 12.2 Å². The second-order valence-corrected chi connectivity index (χ2v) is 7.38. The molecular weight excluding hydrogens is 232 g/mol. The zero-order valence-electron chi connectivity index (χ0n) is 13.0. The molecule has 1 fully saturated rings. The predicted molar refractivity (Wildman–Crippen MR) is 83.1 cm³/mol. The summed E-state index contributed by atoms with van der Waals surface area (Å²) < 4.78 is 0. The first-order valence-corrected chi connectivity index (χ1v) is 8.14. The van der Waals surface area contributed by atoms with Crippen molar-refractivity contribution in [1.29, 1.82) is 0 Å². The number of rotatable bonds is 5. The van der Waals surface area contributed by atoms with E-state index in [2.05, 4.69) is 38.2 Å². The summed E-state index contributed by atoms with van der Waals surface area (Å²) in [6.07, 6.45) is 13.4. The zero-order valence-corrected chi connectivity index (χ0v) is 13.0. The topological polar surface area (TPSA) is 38.0 Å². The van der Waals surface area contributed by atoms with Gasteiger partial charge in [0.15, 0.2) is 0 Å². The van der Waals surface area contributed by atoms with Crippen LogP contribution in [0.5, 0.6) is 0 Å². The highest BCUT2D eigenvalue weighted by Crippen LogP contribution is 2.43. The molecule has 0 aromatic rings. The first kappa shape index (κ1) is 15.1. The highest BCUT2D eigenvalue weighted by Gasteiger charge is 2.39. The Balaban J connectivity index is 1.91. The zero-order chi connectivity index (χ0) is 13.9. The van der Waals surface area contributed by atoms with E-state index < -0.39 is 0 Å². The number of hydrogen-bond donors (Lipinski definition) is 2. The number of hydrogen-bond acceptors (Lipinski definition) is 2. The van der Waals surface area contributed by atoms with E-state index in [9.17, 15) is 0 Å². The van der Waals surface area contributed by atoms with Gasteiger partial charge in [0.05, 0.1) is 0 Å². The van der Waals surface area contributed by atoms with Crippen LogP contribution in [0.25, 0.3) is 0 Å². The molecule has 0 unspecified atom stereocenters. The van der Waals surface area contributed by atoms with Crippen LogP contribution in [0.2, 0.25) is 0 Å². The van der Waals surface area contributed by atoms with Crippen LogP contribution in [0.3, 0.4) is 0 Å². The van der Waals surface area contributed by atoms with E-state index >= 15 is 0 Å². The van der Waals surface area contributed by atoms with E-state index in [0.29, 0.717) is 11.5 Å². The Kier molecular flexibility index (Phi) is 4.73. The first-order chi connectivity index (χ1) is 9.01. The van der Waals surface area contributed by atoms with Gasteiger partial charge in [-0.25, -0.2) is 0 Å². The quantitative estimate of drug-likeness (QED) is 0.744. The van der Waals surface area contributed by atoms with Crippen LogP contribution in [0, 0.1) is 11.3 Å². The minimum Gasteiger partial charge on any atom is -0.329 e. The molecule has 0 atom stereocenters. The van der Waals surface area contributed by atoms with Gasteiger partial charge in [-0.05, 0) is 49.9 Å². The van der Waals surface area contributed by atoms with Gasteiger partial charge in [0.25, 0.3) is 0 Å². The average Bonchev–Trinajstić information content (AvgIpc) is 2.92. The van der Waals surface area contributed by atoms with E-state index in [1.54, 1.807) is 0 Å². The lowest BCUT2D eigenvalue weighted by molar-refractivity contribution is 0.0961. The summed E-state index contributed by atoms with van der Waals surface area (Å²) in [6.45, 7) is 7.98. The highest BCUT2D eigenvalue weighted by molar-refractivity contribution is 5.04. The summed E-state index contributed by atoms with van der Waals surface area (Å²) in [6, 6.07) is 0.638. The van der Waals surface area contributed by atoms with Crippen molar-refractivity contribution in [2.24, 2.45) is 17.1 Å². The fraction of sp³-hybridized carbons (Fsp3) is 0.882. The second kappa shape index (κ2) is 5.97. The van der Waals surface area contributed by atoms with Crippen molar-refractivity contribution in [2.75, 3.05) is 6.54 Å². The van der Waals surface area contributed by atoms with Gasteiger partial charge in [-0.15, -0.1) is 0 Å². The second-order valence-electron chi connectivity index (χ2n) is 7.38. The van der Waals surface area contributed by atoms with Gasteiger partial charge < -0.3 is 11.1 Å². The van der Waals surface area contributed by atoms with Crippen molar-refractivity contribution in [1.82, 2.24) is 5.32 Å². The fourth-order valence-electron chi connectivity index (χ4n) is 3.82. The summed E-state index contributed by atoms with van der Waals surface area (Å²) >= 11 is 0. The van der Waals surface area contributed by atoms with Gasteiger partial charge in [-0.1, -0.05) is 39.3 Å². The molecule has 1 saturated carbocycles. The Hall–Kier alpha value is -0.340. The smallest absolute Gasteiger partial charge is 0.0306 e. The highest BCUT2D eigenvalue weighted by atomic mass is 15.0. The number of nitrogens with two attached hydrogens (primary N) is 1. The predicted octanol–water partition coefficient (Wildman–Crippen LogP) is 3.62.